The molecule has 8 nitrogen and oxygen atoms in total. The summed E-state index contributed by atoms with van der Waals surface area (Å²) in [5.41, 5.74) is 1.13. The molecule has 0 atom stereocenters. The molecular formula is C44H68O8. The average Bonchev–Trinajstić information content (AvgIpc) is 3.13. The lowest BCUT2D eigenvalue weighted by atomic mass is 10.0. The highest BCUT2D eigenvalue weighted by molar-refractivity contribution is 6.03. The molecule has 0 radical (unpaired) electrons. The van der Waals surface area contributed by atoms with Crippen molar-refractivity contribution in [3.05, 3.63) is 70.8 Å². The molecule has 0 unspecified atom stereocenters. The molecule has 0 bridgehead atoms. The largest absolute Gasteiger partial charge is 0.462 e. The number of rotatable bonds is 26. The summed E-state index contributed by atoms with van der Waals surface area (Å²) in [5, 5.41) is 0. The first-order valence-electron chi connectivity index (χ1n) is 20.0. The summed E-state index contributed by atoms with van der Waals surface area (Å²) < 4.78 is 21.1. The van der Waals surface area contributed by atoms with Crippen molar-refractivity contribution < 1.29 is 38.1 Å². The Hall–Kier alpha value is -3.68. The Bertz CT molecular complexity index is 1170. The quantitative estimate of drug-likeness (QED) is 0.0536. The molecule has 2 aromatic rings. The van der Waals surface area contributed by atoms with E-state index in [1.165, 1.54) is 51.4 Å². The summed E-state index contributed by atoms with van der Waals surface area (Å²) in [6.07, 6.45) is 17.3. The topological polar surface area (TPSA) is 105 Å². The van der Waals surface area contributed by atoms with Gasteiger partial charge in [-0.1, -0.05) is 143 Å². The summed E-state index contributed by atoms with van der Waals surface area (Å²) in [7, 11) is 0. The van der Waals surface area contributed by atoms with Crippen molar-refractivity contribution in [1.29, 1.82) is 0 Å². The molecule has 292 valence electrons. The van der Waals surface area contributed by atoms with Crippen molar-refractivity contribution in [2.45, 2.75) is 144 Å². The normalized spacial score (nSPS) is 10.8. The zero-order valence-corrected chi connectivity index (χ0v) is 33.2. The molecule has 0 amide bonds. The van der Waals surface area contributed by atoms with E-state index in [2.05, 4.69) is 27.7 Å². The van der Waals surface area contributed by atoms with Crippen molar-refractivity contribution in [2.75, 3.05) is 26.4 Å². The summed E-state index contributed by atoms with van der Waals surface area (Å²) in [5.74, 6) is -0.294. The van der Waals surface area contributed by atoms with E-state index >= 15 is 0 Å². The second-order valence-corrected chi connectivity index (χ2v) is 14.2. The van der Waals surface area contributed by atoms with Crippen molar-refractivity contribution in [3.8, 4) is 0 Å². The van der Waals surface area contributed by atoms with E-state index in [1.807, 2.05) is 13.8 Å². The van der Waals surface area contributed by atoms with Gasteiger partial charge in [-0.3, -0.25) is 0 Å². The van der Waals surface area contributed by atoms with Crippen molar-refractivity contribution in [2.24, 2.45) is 11.8 Å². The first-order valence-corrected chi connectivity index (χ1v) is 20.0. The van der Waals surface area contributed by atoms with Crippen LogP contribution in [0.5, 0.6) is 0 Å². The standard InChI is InChI=1S/C28H46O4.C16H22O4/c1-23(2)17-11-7-5-9-15-21-31-27(29)25-19-13-14-20-26(25)28(30)32-22-16-10-6-8-12-18-24(3)4;1-3-5-11-19-15(17)13-9-7-8-10-14(13)16(18)20-12-6-4-2/h13-14,19-20,23-24H,5-12,15-18,21-22H2,1-4H3;7-10H,3-6,11-12H2,1-2H3. The van der Waals surface area contributed by atoms with E-state index in [0.29, 0.717) is 37.6 Å². The molecule has 0 aromatic heterocycles. The predicted octanol–water partition coefficient (Wildman–Crippen LogP) is 11.6. The summed E-state index contributed by atoms with van der Waals surface area (Å²) in [6, 6.07) is 13.4. The van der Waals surface area contributed by atoms with Crippen molar-refractivity contribution in [3.63, 3.8) is 0 Å². The van der Waals surface area contributed by atoms with Gasteiger partial charge in [-0.2, -0.15) is 0 Å². The number of ether oxygens (including phenoxy) is 4. The van der Waals surface area contributed by atoms with Gasteiger partial charge in [0.25, 0.3) is 0 Å². The molecule has 0 saturated carbocycles. The minimum Gasteiger partial charge on any atom is -0.462 e. The SMILES string of the molecule is CC(C)CCCCCCCOC(=O)c1ccccc1C(=O)OCCCCCCCC(C)C.CCCCOC(=O)c1ccccc1C(=O)OCCCC. The van der Waals surface area contributed by atoms with Crippen molar-refractivity contribution >= 4 is 23.9 Å². The average molecular weight is 725 g/mol. The van der Waals surface area contributed by atoms with E-state index < -0.39 is 23.9 Å². The molecule has 52 heavy (non-hydrogen) atoms. The van der Waals surface area contributed by atoms with Crippen LogP contribution in [-0.2, 0) is 18.9 Å². The molecule has 0 aliphatic heterocycles. The van der Waals surface area contributed by atoms with Gasteiger partial charge in [-0.05, 0) is 61.8 Å². The smallest absolute Gasteiger partial charge is 0.339 e. The van der Waals surface area contributed by atoms with Gasteiger partial charge in [0.05, 0.1) is 48.7 Å². The fourth-order valence-electron chi connectivity index (χ4n) is 5.31. The Morgan fingerprint density at radius 2 is 0.654 bits per heavy atom. The van der Waals surface area contributed by atoms with Gasteiger partial charge < -0.3 is 18.9 Å². The maximum absolute atomic E-state index is 12.5. The number of hydrogen-bond donors (Lipinski definition) is 0. The zero-order valence-electron chi connectivity index (χ0n) is 33.2. The maximum atomic E-state index is 12.5. The van der Waals surface area contributed by atoms with Gasteiger partial charge in [-0.25, -0.2) is 19.2 Å². The third-order valence-corrected chi connectivity index (χ3v) is 8.51. The van der Waals surface area contributed by atoms with Gasteiger partial charge in [0.15, 0.2) is 0 Å². The third kappa shape index (κ3) is 21.6. The lowest BCUT2D eigenvalue weighted by Crippen LogP contribution is -2.15. The van der Waals surface area contributed by atoms with E-state index in [0.717, 1.165) is 63.2 Å². The van der Waals surface area contributed by atoms with Crippen LogP contribution in [0.1, 0.15) is 186 Å². The molecule has 0 N–H and O–H groups in total. The van der Waals surface area contributed by atoms with E-state index in [-0.39, 0.29) is 11.1 Å². The molecule has 8 heteroatoms. The molecule has 0 aliphatic carbocycles. The third-order valence-electron chi connectivity index (χ3n) is 8.51. The monoisotopic (exact) mass is 724 g/mol. The van der Waals surface area contributed by atoms with Gasteiger partial charge in [0, 0.05) is 0 Å². The molecule has 0 aliphatic rings. The van der Waals surface area contributed by atoms with E-state index in [1.54, 1.807) is 48.5 Å². The lowest BCUT2D eigenvalue weighted by Gasteiger charge is -2.10. The minimum atomic E-state index is -0.471. The fourth-order valence-corrected chi connectivity index (χ4v) is 5.31. The number of benzene rings is 2. The Balaban J connectivity index is 0.000000578. The fraction of sp³-hybridized carbons (Fsp3) is 0.636. The molecule has 0 saturated heterocycles. The van der Waals surface area contributed by atoms with Crippen LogP contribution >= 0.6 is 0 Å². The van der Waals surface area contributed by atoms with Gasteiger partial charge >= 0.3 is 23.9 Å². The summed E-state index contributed by atoms with van der Waals surface area (Å²) in [6.45, 7) is 14.6. The Labute approximate surface area is 314 Å². The second-order valence-electron chi connectivity index (χ2n) is 14.2. The summed E-state index contributed by atoms with van der Waals surface area (Å²) in [4.78, 5) is 48.8. The van der Waals surface area contributed by atoms with E-state index in [4.69, 9.17) is 18.9 Å². The van der Waals surface area contributed by atoms with Crippen LogP contribution in [0.2, 0.25) is 0 Å². The number of esters is 4. The zero-order chi connectivity index (χ0) is 38.4. The number of carbonyl (C=O) groups is 4. The highest BCUT2D eigenvalue weighted by atomic mass is 16.5. The molecule has 0 heterocycles. The summed E-state index contributed by atoms with van der Waals surface area (Å²) >= 11 is 0. The Morgan fingerprint density at radius 3 is 0.923 bits per heavy atom. The molecule has 0 fully saturated rings. The van der Waals surface area contributed by atoms with Crippen LogP contribution in [0.15, 0.2) is 48.5 Å². The molecule has 2 rings (SSSR count). The van der Waals surface area contributed by atoms with Gasteiger partial charge in [-0.15, -0.1) is 0 Å². The second kappa shape index (κ2) is 29.9. The van der Waals surface area contributed by atoms with Crippen LogP contribution in [0, 0.1) is 11.8 Å². The van der Waals surface area contributed by atoms with Crippen molar-refractivity contribution in [1.82, 2.24) is 0 Å². The molecule has 0 spiro atoms. The molecular weight excluding hydrogens is 656 g/mol. The predicted molar refractivity (Wildman–Crippen MR) is 209 cm³/mol. The van der Waals surface area contributed by atoms with Gasteiger partial charge in [0.2, 0.25) is 0 Å². The van der Waals surface area contributed by atoms with Crippen LogP contribution in [-0.4, -0.2) is 50.3 Å². The Kier molecular flexibility index (Phi) is 26.6. The minimum absolute atomic E-state index is 0.269. The number of carbonyl (C=O) groups excluding carboxylic acids is 4. The maximum Gasteiger partial charge on any atom is 0.339 e. The van der Waals surface area contributed by atoms with E-state index in [9.17, 15) is 19.2 Å². The first-order chi connectivity index (χ1) is 25.1. The molecule has 2 aromatic carbocycles. The van der Waals surface area contributed by atoms with Gasteiger partial charge in [0.1, 0.15) is 0 Å². The van der Waals surface area contributed by atoms with Crippen LogP contribution < -0.4 is 0 Å². The van der Waals surface area contributed by atoms with Crippen LogP contribution in [0.4, 0.5) is 0 Å². The lowest BCUT2D eigenvalue weighted by molar-refractivity contribution is 0.0450. The first kappa shape index (κ1) is 46.3. The number of hydrogen-bond acceptors (Lipinski definition) is 8. The highest BCUT2D eigenvalue weighted by Gasteiger charge is 2.20. The van der Waals surface area contributed by atoms with Crippen LogP contribution in [0.25, 0.3) is 0 Å². The number of unbranched alkanes of at least 4 members (excludes halogenated alkanes) is 10. The van der Waals surface area contributed by atoms with Crippen LogP contribution in [0.3, 0.4) is 0 Å². The Morgan fingerprint density at radius 1 is 0.404 bits per heavy atom. The highest BCUT2D eigenvalue weighted by Crippen LogP contribution is 2.16.